The van der Waals surface area contributed by atoms with E-state index < -0.39 is 0 Å². The average molecular weight is 383 g/mol. The van der Waals surface area contributed by atoms with Gasteiger partial charge in [-0.05, 0) is 42.8 Å². The van der Waals surface area contributed by atoms with Gasteiger partial charge in [0.25, 0.3) is 0 Å². The second-order valence-electron chi connectivity index (χ2n) is 5.48. The highest BCUT2D eigenvalue weighted by Gasteiger charge is 2.09. The smallest absolute Gasteiger partial charge is 0.135 e. The lowest BCUT2D eigenvalue weighted by Crippen LogP contribution is -2.11. The number of hydrogen-bond acceptors (Lipinski definition) is 2. The summed E-state index contributed by atoms with van der Waals surface area (Å²) in [6.45, 7) is 3.56. The van der Waals surface area contributed by atoms with Crippen LogP contribution in [0.25, 0.3) is 11.3 Å². The van der Waals surface area contributed by atoms with Crippen molar-refractivity contribution in [3.8, 4) is 11.3 Å². The van der Waals surface area contributed by atoms with E-state index in [2.05, 4.69) is 36.5 Å². The van der Waals surface area contributed by atoms with E-state index >= 15 is 0 Å². The molecule has 2 nitrogen and oxygen atoms in total. The first kappa shape index (κ1) is 18.9. The molecule has 2 aromatic carbocycles. The molecule has 0 saturated heterocycles. The second-order valence-corrected chi connectivity index (χ2v) is 6.32. The minimum absolute atomic E-state index is 0. The molecule has 126 valence electrons. The van der Waals surface area contributed by atoms with Crippen molar-refractivity contribution in [1.29, 1.82) is 0 Å². The molecule has 0 aliphatic carbocycles. The summed E-state index contributed by atoms with van der Waals surface area (Å²) in [6.07, 6.45) is 0. The standard InChI is InChI=1S/C19H17Cl2NO.ClH/c1-13-2-4-14(5-3-13)11-22-12-16-7-9-19(23-16)17-8-6-15(20)10-18(17)21;/h2-10,22H,11-12H2,1H3;1H. The van der Waals surface area contributed by atoms with E-state index in [0.717, 1.165) is 23.6 Å². The van der Waals surface area contributed by atoms with Crippen molar-refractivity contribution < 1.29 is 4.42 Å². The largest absolute Gasteiger partial charge is 0.460 e. The Balaban J connectivity index is 0.00000208. The van der Waals surface area contributed by atoms with Crippen LogP contribution in [-0.4, -0.2) is 0 Å². The van der Waals surface area contributed by atoms with E-state index in [-0.39, 0.29) is 12.4 Å². The van der Waals surface area contributed by atoms with E-state index in [0.29, 0.717) is 16.6 Å². The zero-order chi connectivity index (χ0) is 16.2. The van der Waals surface area contributed by atoms with Gasteiger partial charge >= 0.3 is 0 Å². The van der Waals surface area contributed by atoms with Crippen LogP contribution in [0.15, 0.2) is 59.0 Å². The fraction of sp³-hybridized carbons (Fsp3) is 0.158. The lowest BCUT2D eigenvalue weighted by molar-refractivity contribution is 0.493. The van der Waals surface area contributed by atoms with Crippen LogP contribution in [0, 0.1) is 6.92 Å². The van der Waals surface area contributed by atoms with Gasteiger partial charge in [0.05, 0.1) is 11.6 Å². The topological polar surface area (TPSA) is 25.2 Å². The van der Waals surface area contributed by atoms with Gasteiger partial charge in [0, 0.05) is 17.1 Å². The molecule has 0 aliphatic heterocycles. The predicted octanol–water partition coefficient (Wildman–Crippen LogP) is 6.27. The summed E-state index contributed by atoms with van der Waals surface area (Å²) in [5.74, 6) is 1.62. The van der Waals surface area contributed by atoms with E-state index in [4.69, 9.17) is 27.6 Å². The van der Waals surface area contributed by atoms with E-state index in [1.165, 1.54) is 11.1 Å². The molecule has 0 aliphatic rings. The van der Waals surface area contributed by atoms with Crippen LogP contribution in [0.3, 0.4) is 0 Å². The Kier molecular flexibility index (Phi) is 6.76. The molecule has 1 heterocycles. The maximum Gasteiger partial charge on any atom is 0.135 e. The van der Waals surface area contributed by atoms with Gasteiger partial charge in [-0.1, -0.05) is 53.0 Å². The summed E-state index contributed by atoms with van der Waals surface area (Å²) in [5, 5.41) is 4.58. The summed E-state index contributed by atoms with van der Waals surface area (Å²) in [5.41, 5.74) is 3.37. The third-order valence-electron chi connectivity index (χ3n) is 3.61. The molecular formula is C19H18Cl3NO. The summed E-state index contributed by atoms with van der Waals surface area (Å²) in [7, 11) is 0. The second kappa shape index (κ2) is 8.59. The molecule has 0 fully saturated rings. The third-order valence-corrected chi connectivity index (χ3v) is 4.16. The van der Waals surface area contributed by atoms with Crippen molar-refractivity contribution >= 4 is 35.6 Å². The van der Waals surface area contributed by atoms with Crippen LogP contribution in [-0.2, 0) is 13.1 Å². The first-order valence-corrected chi connectivity index (χ1v) is 8.18. The molecule has 1 N–H and O–H groups in total. The fourth-order valence-corrected chi connectivity index (χ4v) is 2.84. The Bertz CT molecular complexity index is 797. The Morgan fingerprint density at radius 2 is 1.67 bits per heavy atom. The SMILES string of the molecule is Cc1ccc(CNCc2ccc(-c3ccc(Cl)cc3Cl)o2)cc1.Cl. The van der Waals surface area contributed by atoms with Crippen LogP contribution >= 0.6 is 35.6 Å². The van der Waals surface area contributed by atoms with Gasteiger partial charge in [0.1, 0.15) is 11.5 Å². The van der Waals surface area contributed by atoms with Gasteiger partial charge in [-0.2, -0.15) is 0 Å². The molecule has 1 aromatic heterocycles. The van der Waals surface area contributed by atoms with Crippen molar-refractivity contribution in [3.05, 3.63) is 81.5 Å². The minimum Gasteiger partial charge on any atom is -0.460 e. The Hall–Kier alpha value is -1.45. The van der Waals surface area contributed by atoms with Crippen molar-refractivity contribution in [2.24, 2.45) is 0 Å². The minimum atomic E-state index is 0. The van der Waals surface area contributed by atoms with Crippen molar-refractivity contribution in [1.82, 2.24) is 5.32 Å². The zero-order valence-electron chi connectivity index (χ0n) is 13.2. The average Bonchev–Trinajstić information content (AvgIpc) is 2.98. The Morgan fingerprint density at radius 1 is 0.917 bits per heavy atom. The lowest BCUT2D eigenvalue weighted by Gasteiger charge is -2.04. The molecule has 24 heavy (non-hydrogen) atoms. The molecule has 0 amide bonds. The van der Waals surface area contributed by atoms with Crippen LogP contribution in [0.4, 0.5) is 0 Å². The zero-order valence-corrected chi connectivity index (χ0v) is 15.5. The summed E-state index contributed by atoms with van der Waals surface area (Å²) in [6, 6.07) is 17.8. The molecule has 0 bridgehead atoms. The molecule has 3 aromatic rings. The first-order chi connectivity index (χ1) is 11.1. The highest BCUT2D eigenvalue weighted by molar-refractivity contribution is 6.36. The van der Waals surface area contributed by atoms with Crippen molar-refractivity contribution in [3.63, 3.8) is 0 Å². The predicted molar refractivity (Wildman–Crippen MR) is 103 cm³/mol. The van der Waals surface area contributed by atoms with Gasteiger partial charge in [-0.25, -0.2) is 0 Å². The third kappa shape index (κ3) is 4.78. The fourth-order valence-electron chi connectivity index (χ4n) is 2.34. The number of aryl methyl sites for hydroxylation is 1. The Morgan fingerprint density at radius 3 is 2.38 bits per heavy atom. The Labute approximate surface area is 158 Å². The number of rotatable bonds is 5. The quantitative estimate of drug-likeness (QED) is 0.562. The molecule has 0 radical (unpaired) electrons. The molecule has 5 heteroatoms. The van der Waals surface area contributed by atoms with E-state index in [1.807, 2.05) is 18.2 Å². The summed E-state index contributed by atoms with van der Waals surface area (Å²) >= 11 is 12.1. The van der Waals surface area contributed by atoms with Gasteiger partial charge in [0.2, 0.25) is 0 Å². The highest BCUT2D eigenvalue weighted by Crippen LogP contribution is 2.31. The van der Waals surface area contributed by atoms with Crippen molar-refractivity contribution in [2.45, 2.75) is 20.0 Å². The van der Waals surface area contributed by atoms with Gasteiger partial charge < -0.3 is 9.73 Å². The maximum absolute atomic E-state index is 6.21. The van der Waals surface area contributed by atoms with Gasteiger partial charge in [-0.3, -0.25) is 0 Å². The highest BCUT2D eigenvalue weighted by atomic mass is 35.5. The molecular weight excluding hydrogens is 365 g/mol. The summed E-state index contributed by atoms with van der Waals surface area (Å²) < 4.78 is 5.86. The normalized spacial score (nSPS) is 10.5. The van der Waals surface area contributed by atoms with Crippen LogP contribution < -0.4 is 5.32 Å². The maximum atomic E-state index is 6.21. The number of benzene rings is 2. The van der Waals surface area contributed by atoms with Crippen molar-refractivity contribution in [2.75, 3.05) is 0 Å². The number of hydrogen-bond donors (Lipinski definition) is 1. The lowest BCUT2D eigenvalue weighted by atomic mass is 10.1. The van der Waals surface area contributed by atoms with Crippen LogP contribution in [0.1, 0.15) is 16.9 Å². The van der Waals surface area contributed by atoms with Crippen LogP contribution in [0.5, 0.6) is 0 Å². The molecule has 0 spiro atoms. The molecule has 0 saturated carbocycles. The number of halogens is 3. The first-order valence-electron chi connectivity index (χ1n) is 7.42. The van der Waals surface area contributed by atoms with Gasteiger partial charge in [0.15, 0.2) is 0 Å². The van der Waals surface area contributed by atoms with E-state index in [9.17, 15) is 0 Å². The molecule has 3 rings (SSSR count). The number of furan rings is 1. The van der Waals surface area contributed by atoms with E-state index in [1.54, 1.807) is 12.1 Å². The molecule has 0 unspecified atom stereocenters. The summed E-state index contributed by atoms with van der Waals surface area (Å²) in [4.78, 5) is 0. The monoisotopic (exact) mass is 381 g/mol. The van der Waals surface area contributed by atoms with Crippen LogP contribution in [0.2, 0.25) is 10.0 Å². The van der Waals surface area contributed by atoms with Gasteiger partial charge in [-0.15, -0.1) is 12.4 Å². The molecule has 0 atom stereocenters. The number of nitrogens with one attached hydrogen (secondary N) is 1.